The third-order valence-corrected chi connectivity index (χ3v) is 2.43. The van der Waals surface area contributed by atoms with Gasteiger partial charge < -0.3 is 9.80 Å². The summed E-state index contributed by atoms with van der Waals surface area (Å²) in [5, 5.41) is 0. The summed E-state index contributed by atoms with van der Waals surface area (Å²) in [5.41, 5.74) is 2.41. The topological polar surface area (TPSA) is 6.48 Å². The summed E-state index contributed by atoms with van der Waals surface area (Å²) < 4.78 is 0. The molecule has 0 bridgehead atoms. The van der Waals surface area contributed by atoms with Crippen molar-refractivity contribution in [1.29, 1.82) is 0 Å². The van der Waals surface area contributed by atoms with Crippen LogP contribution in [0.15, 0.2) is 49.6 Å². The summed E-state index contributed by atoms with van der Waals surface area (Å²) in [7, 11) is 4.08. The Morgan fingerprint density at radius 1 is 0.938 bits per heavy atom. The van der Waals surface area contributed by atoms with Gasteiger partial charge in [-0.25, -0.2) is 0 Å². The molecule has 2 nitrogen and oxygen atoms in total. The number of hydrogen-bond donors (Lipinski definition) is 0. The van der Waals surface area contributed by atoms with Gasteiger partial charge in [0.2, 0.25) is 0 Å². The Morgan fingerprint density at radius 2 is 1.38 bits per heavy atom. The maximum Gasteiger partial charge on any atom is 0.0373 e. The molecular formula is C14H20N2. The van der Waals surface area contributed by atoms with Gasteiger partial charge in [-0.1, -0.05) is 12.2 Å². The Kier molecular flexibility index (Phi) is 4.65. The average molecular weight is 216 g/mol. The van der Waals surface area contributed by atoms with E-state index in [1.54, 1.807) is 0 Å². The van der Waals surface area contributed by atoms with E-state index in [2.05, 4.69) is 47.2 Å². The van der Waals surface area contributed by atoms with Gasteiger partial charge >= 0.3 is 0 Å². The molecule has 0 fully saturated rings. The molecule has 0 amide bonds. The molecule has 0 aliphatic carbocycles. The maximum absolute atomic E-state index is 3.77. The minimum atomic E-state index is 0.841. The molecule has 0 heterocycles. The Balaban J connectivity index is 2.84. The first kappa shape index (κ1) is 12.4. The number of benzene rings is 1. The monoisotopic (exact) mass is 216 g/mol. The second-order valence-corrected chi connectivity index (χ2v) is 3.89. The van der Waals surface area contributed by atoms with Crippen LogP contribution in [0, 0.1) is 0 Å². The molecule has 16 heavy (non-hydrogen) atoms. The zero-order valence-electron chi connectivity index (χ0n) is 10.2. The smallest absolute Gasteiger partial charge is 0.0373 e. The molecule has 0 aliphatic rings. The van der Waals surface area contributed by atoms with Crippen molar-refractivity contribution in [2.24, 2.45) is 0 Å². The summed E-state index contributed by atoms with van der Waals surface area (Å²) in [5.74, 6) is 0. The molecule has 1 aromatic carbocycles. The second kappa shape index (κ2) is 6.01. The van der Waals surface area contributed by atoms with Gasteiger partial charge in [0.15, 0.2) is 0 Å². The molecule has 0 N–H and O–H groups in total. The first-order chi connectivity index (χ1) is 7.69. The number of hydrogen-bond acceptors (Lipinski definition) is 2. The van der Waals surface area contributed by atoms with Crippen LogP contribution in [0.5, 0.6) is 0 Å². The summed E-state index contributed by atoms with van der Waals surface area (Å²) >= 11 is 0. The van der Waals surface area contributed by atoms with Crippen LogP contribution in [0.4, 0.5) is 11.4 Å². The lowest BCUT2D eigenvalue weighted by Crippen LogP contribution is -2.23. The van der Waals surface area contributed by atoms with Crippen molar-refractivity contribution < 1.29 is 0 Å². The van der Waals surface area contributed by atoms with Gasteiger partial charge in [0.05, 0.1) is 0 Å². The van der Waals surface area contributed by atoms with Gasteiger partial charge in [-0.2, -0.15) is 0 Å². The molecule has 0 saturated heterocycles. The van der Waals surface area contributed by atoms with Crippen molar-refractivity contribution in [3.63, 3.8) is 0 Å². The number of rotatable bonds is 6. The van der Waals surface area contributed by atoms with E-state index in [1.165, 1.54) is 11.4 Å². The van der Waals surface area contributed by atoms with E-state index >= 15 is 0 Å². The van der Waals surface area contributed by atoms with Crippen molar-refractivity contribution in [2.45, 2.75) is 0 Å². The molecule has 86 valence electrons. The second-order valence-electron chi connectivity index (χ2n) is 3.89. The van der Waals surface area contributed by atoms with Crippen LogP contribution >= 0.6 is 0 Å². The van der Waals surface area contributed by atoms with Gasteiger partial charge in [0, 0.05) is 38.6 Å². The van der Waals surface area contributed by atoms with Crippen LogP contribution in [-0.2, 0) is 0 Å². The average Bonchev–Trinajstić information content (AvgIpc) is 2.29. The summed E-state index contributed by atoms with van der Waals surface area (Å²) in [4.78, 5) is 4.31. The first-order valence-corrected chi connectivity index (χ1v) is 5.43. The third-order valence-electron chi connectivity index (χ3n) is 2.43. The molecule has 2 heteroatoms. The minimum Gasteiger partial charge on any atom is -0.378 e. The summed E-state index contributed by atoms with van der Waals surface area (Å²) in [6.07, 6.45) is 3.81. The zero-order valence-corrected chi connectivity index (χ0v) is 10.2. The highest BCUT2D eigenvalue weighted by atomic mass is 15.1. The molecule has 0 spiro atoms. The van der Waals surface area contributed by atoms with Crippen molar-refractivity contribution in [2.75, 3.05) is 37.0 Å². The molecular weight excluding hydrogens is 196 g/mol. The van der Waals surface area contributed by atoms with E-state index in [9.17, 15) is 0 Å². The van der Waals surface area contributed by atoms with E-state index in [4.69, 9.17) is 0 Å². The molecule has 0 atom stereocenters. The maximum atomic E-state index is 3.77. The third kappa shape index (κ3) is 3.16. The Morgan fingerprint density at radius 3 is 1.75 bits per heavy atom. The fourth-order valence-corrected chi connectivity index (χ4v) is 1.56. The van der Waals surface area contributed by atoms with Gasteiger partial charge in [0.25, 0.3) is 0 Å². The summed E-state index contributed by atoms with van der Waals surface area (Å²) in [6.45, 7) is 9.22. The minimum absolute atomic E-state index is 0.841. The van der Waals surface area contributed by atoms with Crippen molar-refractivity contribution in [3.8, 4) is 0 Å². The molecule has 0 radical (unpaired) electrons. The predicted octanol–water partition coefficient (Wildman–Crippen LogP) is 2.93. The predicted molar refractivity (Wildman–Crippen MR) is 73.4 cm³/mol. The number of anilines is 2. The van der Waals surface area contributed by atoms with Crippen molar-refractivity contribution in [3.05, 3.63) is 49.6 Å². The normalized spacial score (nSPS) is 9.62. The lowest BCUT2D eigenvalue weighted by molar-refractivity contribution is 0.956. The van der Waals surface area contributed by atoms with Crippen LogP contribution in [-0.4, -0.2) is 27.2 Å². The molecule has 0 saturated carbocycles. The quantitative estimate of drug-likeness (QED) is 0.675. The summed E-state index contributed by atoms with van der Waals surface area (Å²) in [6, 6.07) is 8.49. The van der Waals surface area contributed by atoms with E-state index in [-0.39, 0.29) is 0 Å². The highest BCUT2D eigenvalue weighted by Gasteiger charge is 2.02. The highest BCUT2D eigenvalue weighted by Crippen LogP contribution is 2.19. The highest BCUT2D eigenvalue weighted by molar-refractivity contribution is 5.56. The van der Waals surface area contributed by atoms with Crippen molar-refractivity contribution >= 4 is 11.4 Å². The molecule has 1 rings (SSSR count). The van der Waals surface area contributed by atoms with E-state index < -0.39 is 0 Å². The number of nitrogens with zero attached hydrogens (tertiary/aromatic N) is 2. The molecule has 0 aliphatic heterocycles. The van der Waals surface area contributed by atoms with Crippen LogP contribution in [0.1, 0.15) is 0 Å². The van der Waals surface area contributed by atoms with Crippen molar-refractivity contribution in [1.82, 2.24) is 0 Å². The van der Waals surface area contributed by atoms with Gasteiger partial charge in [-0.3, -0.25) is 0 Å². The lowest BCUT2D eigenvalue weighted by atomic mass is 10.2. The molecule has 1 aromatic rings. The van der Waals surface area contributed by atoms with Crippen LogP contribution < -0.4 is 9.80 Å². The van der Waals surface area contributed by atoms with Gasteiger partial charge in [-0.05, 0) is 24.3 Å². The van der Waals surface area contributed by atoms with Crippen LogP contribution in [0.25, 0.3) is 0 Å². The van der Waals surface area contributed by atoms with E-state index in [0.29, 0.717) is 0 Å². The first-order valence-electron chi connectivity index (χ1n) is 5.43. The Bertz CT molecular complexity index is 328. The fourth-order valence-electron chi connectivity index (χ4n) is 1.56. The largest absolute Gasteiger partial charge is 0.378 e. The zero-order chi connectivity index (χ0) is 12.0. The van der Waals surface area contributed by atoms with E-state index in [1.807, 2.05) is 26.2 Å². The van der Waals surface area contributed by atoms with Gasteiger partial charge in [-0.15, -0.1) is 13.2 Å². The van der Waals surface area contributed by atoms with Crippen LogP contribution in [0.3, 0.4) is 0 Å². The van der Waals surface area contributed by atoms with Gasteiger partial charge in [0.1, 0.15) is 0 Å². The van der Waals surface area contributed by atoms with Crippen LogP contribution in [0.2, 0.25) is 0 Å². The standard InChI is InChI=1S/C14H20N2/c1-5-11-16(12-6-2)14-9-7-13(8-10-14)15(3)4/h5-10H,1-2,11-12H2,3-4H3. The Labute approximate surface area is 98.5 Å². The molecule has 0 unspecified atom stereocenters. The fraction of sp³-hybridized carbons (Fsp3) is 0.286. The van der Waals surface area contributed by atoms with E-state index in [0.717, 1.165) is 13.1 Å². The molecule has 0 aromatic heterocycles. The lowest BCUT2D eigenvalue weighted by Gasteiger charge is -2.22. The SMILES string of the molecule is C=CCN(CC=C)c1ccc(N(C)C)cc1. The Hall–Kier alpha value is -1.70.